The van der Waals surface area contributed by atoms with E-state index in [1.165, 1.54) is 25.8 Å². The molecule has 0 saturated heterocycles. The Morgan fingerprint density at radius 1 is 1.50 bits per heavy atom. The molecule has 2 nitrogen and oxygen atoms in total. The van der Waals surface area contributed by atoms with Crippen LogP contribution in [0.1, 0.15) is 25.3 Å². The second kappa shape index (κ2) is 4.64. The normalized spacial score (nSPS) is 14.9. The van der Waals surface area contributed by atoms with Gasteiger partial charge < -0.3 is 4.74 Å². The van der Waals surface area contributed by atoms with E-state index in [2.05, 4.69) is 0 Å². The maximum atomic E-state index is 13.5. The lowest BCUT2D eigenvalue weighted by Gasteiger charge is -2.07. The van der Waals surface area contributed by atoms with Crippen LogP contribution >= 0.6 is 0 Å². The molecule has 0 spiro atoms. The van der Waals surface area contributed by atoms with E-state index in [0.29, 0.717) is 23.8 Å². The third kappa shape index (κ3) is 3.05. The Morgan fingerprint density at radius 2 is 2.25 bits per heavy atom. The fourth-order valence-corrected chi connectivity index (χ4v) is 1.55. The first-order chi connectivity index (χ1) is 7.65. The Bertz CT molecular complexity index is 397. The first-order valence-corrected chi connectivity index (χ1v) is 5.56. The molecule has 16 heavy (non-hydrogen) atoms. The van der Waals surface area contributed by atoms with Crippen LogP contribution in [-0.2, 0) is 11.2 Å². The highest BCUT2D eigenvalue weighted by Crippen LogP contribution is 2.30. The second-order valence-electron chi connectivity index (χ2n) is 4.40. The van der Waals surface area contributed by atoms with Crippen molar-refractivity contribution in [2.75, 3.05) is 6.61 Å². The lowest BCUT2D eigenvalue weighted by Crippen LogP contribution is -2.02. The summed E-state index contributed by atoms with van der Waals surface area (Å²) in [6.07, 6.45) is 2.65. The lowest BCUT2D eigenvalue weighted by atomic mass is 10.1. The average molecular weight is 222 g/mol. The van der Waals surface area contributed by atoms with Crippen molar-refractivity contribution in [2.45, 2.75) is 26.2 Å². The molecule has 0 N–H and O–H groups in total. The largest absolute Gasteiger partial charge is 0.490 e. The lowest BCUT2D eigenvalue weighted by molar-refractivity contribution is -0.116. The van der Waals surface area contributed by atoms with E-state index in [9.17, 15) is 9.18 Å². The fraction of sp³-hybridized carbons (Fsp3) is 0.462. The zero-order chi connectivity index (χ0) is 11.5. The highest BCUT2D eigenvalue weighted by molar-refractivity contribution is 5.78. The predicted molar refractivity (Wildman–Crippen MR) is 59.0 cm³/mol. The smallest absolute Gasteiger partial charge is 0.165 e. The summed E-state index contributed by atoms with van der Waals surface area (Å²) in [6, 6.07) is 4.73. The van der Waals surface area contributed by atoms with E-state index in [1.807, 2.05) is 0 Å². The third-order valence-electron chi connectivity index (χ3n) is 2.62. The van der Waals surface area contributed by atoms with E-state index >= 15 is 0 Å². The number of Topliss-reactive ketones (excluding diaryl/α,β-unsaturated/α-hetero) is 1. The van der Waals surface area contributed by atoms with Crippen LogP contribution in [-0.4, -0.2) is 12.4 Å². The number of hydrogen-bond donors (Lipinski definition) is 0. The quantitative estimate of drug-likeness (QED) is 0.765. The predicted octanol–water partition coefficient (Wildman–Crippen LogP) is 2.75. The molecule has 0 aromatic heterocycles. The Balaban J connectivity index is 2.00. The van der Waals surface area contributed by atoms with Gasteiger partial charge in [0.25, 0.3) is 0 Å². The van der Waals surface area contributed by atoms with Crippen LogP contribution < -0.4 is 4.74 Å². The summed E-state index contributed by atoms with van der Waals surface area (Å²) in [6.45, 7) is 2.10. The van der Waals surface area contributed by atoms with Crippen LogP contribution in [0.4, 0.5) is 4.39 Å². The topological polar surface area (TPSA) is 26.3 Å². The molecule has 2 rings (SSSR count). The summed E-state index contributed by atoms with van der Waals surface area (Å²) in [4.78, 5) is 10.9. The first kappa shape index (κ1) is 11.1. The number of ketones is 1. The molecule has 1 aliphatic rings. The number of carbonyl (C=O) groups excluding carboxylic acids is 1. The van der Waals surface area contributed by atoms with Gasteiger partial charge in [0.1, 0.15) is 5.78 Å². The van der Waals surface area contributed by atoms with Crippen molar-refractivity contribution in [2.24, 2.45) is 5.92 Å². The molecular weight excluding hydrogens is 207 g/mol. The molecule has 0 atom stereocenters. The van der Waals surface area contributed by atoms with Gasteiger partial charge in [0, 0.05) is 6.42 Å². The minimum Gasteiger partial charge on any atom is -0.490 e. The van der Waals surface area contributed by atoms with Crippen molar-refractivity contribution in [3.8, 4) is 5.75 Å². The second-order valence-corrected chi connectivity index (χ2v) is 4.40. The molecule has 0 aliphatic heterocycles. The Kier molecular flexibility index (Phi) is 3.22. The van der Waals surface area contributed by atoms with E-state index in [1.54, 1.807) is 12.1 Å². The Hall–Kier alpha value is -1.38. The number of carbonyl (C=O) groups is 1. The number of hydrogen-bond acceptors (Lipinski definition) is 2. The molecule has 1 aromatic carbocycles. The molecule has 3 heteroatoms. The summed E-state index contributed by atoms with van der Waals surface area (Å²) in [5, 5.41) is 0. The van der Waals surface area contributed by atoms with Crippen molar-refractivity contribution < 1.29 is 13.9 Å². The van der Waals surface area contributed by atoms with Gasteiger partial charge in [0.2, 0.25) is 0 Å². The molecular formula is C13H15FO2. The van der Waals surface area contributed by atoms with Crippen LogP contribution in [0.2, 0.25) is 0 Å². The van der Waals surface area contributed by atoms with Gasteiger partial charge in [-0.05, 0) is 43.4 Å². The van der Waals surface area contributed by atoms with Gasteiger partial charge in [-0.15, -0.1) is 0 Å². The third-order valence-corrected chi connectivity index (χ3v) is 2.62. The van der Waals surface area contributed by atoms with Crippen LogP contribution in [0.5, 0.6) is 5.75 Å². The summed E-state index contributed by atoms with van der Waals surface area (Å²) in [7, 11) is 0. The van der Waals surface area contributed by atoms with Gasteiger partial charge in [-0.3, -0.25) is 4.79 Å². The van der Waals surface area contributed by atoms with Gasteiger partial charge >= 0.3 is 0 Å². The average Bonchev–Trinajstić information content (AvgIpc) is 2.99. The fourth-order valence-electron chi connectivity index (χ4n) is 1.55. The Labute approximate surface area is 94.4 Å². The Morgan fingerprint density at radius 3 is 2.81 bits per heavy atom. The van der Waals surface area contributed by atoms with E-state index in [0.717, 1.165) is 0 Å². The van der Waals surface area contributed by atoms with Gasteiger partial charge in [0.05, 0.1) is 6.61 Å². The highest BCUT2D eigenvalue weighted by atomic mass is 19.1. The minimum absolute atomic E-state index is 0.0334. The van der Waals surface area contributed by atoms with Crippen LogP contribution in [0.25, 0.3) is 0 Å². The van der Waals surface area contributed by atoms with Crippen molar-refractivity contribution in [3.05, 3.63) is 29.6 Å². The maximum Gasteiger partial charge on any atom is 0.165 e. The van der Waals surface area contributed by atoms with Crippen LogP contribution in [0, 0.1) is 11.7 Å². The van der Waals surface area contributed by atoms with E-state index < -0.39 is 0 Å². The number of ether oxygens (including phenoxy) is 1. The number of rotatable bonds is 5. The van der Waals surface area contributed by atoms with Crippen molar-refractivity contribution >= 4 is 5.78 Å². The van der Waals surface area contributed by atoms with Gasteiger partial charge in [-0.2, -0.15) is 0 Å². The number of halogens is 1. The molecule has 1 aromatic rings. The molecule has 1 aliphatic carbocycles. The summed E-state index contributed by atoms with van der Waals surface area (Å²) < 4.78 is 18.9. The SMILES string of the molecule is CC(=O)Cc1ccc(OCC2CC2)c(F)c1. The molecule has 1 saturated carbocycles. The van der Waals surface area contributed by atoms with Crippen LogP contribution in [0.15, 0.2) is 18.2 Å². The van der Waals surface area contributed by atoms with Gasteiger partial charge in [-0.25, -0.2) is 4.39 Å². The minimum atomic E-state index is -0.376. The summed E-state index contributed by atoms with van der Waals surface area (Å²) >= 11 is 0. The van der Waals surface area contributed by atoms with Gasteiger partial charge in [0.15, 0.2) is 11.6 Å². The monoisotopic (exact) mass is 222 g/mol. The molecule has 0 unspecified atom stereocenters. The zero-order valence-corrected chi connectivity index (χ0v) is 9.33. The molecule has 0 amide bonds. The summed E-state index contributed by atoms with van der Waals surface area (Å²) in [5.74, 6) is 0.556. The molecule has 0 bridgehead atoms. The van der Waals surface area contributed by atoms with Crippen LogP contribution in [0.3, 0.4) is 0 Å². The number of benzene rings is 1. The van der Waals surface area contributed by atoms with Crippen molar-refractivity contribution in [1.29, 1.82) is 0 Å². The maximum absolute atomic E-state index is 13.5. The molecule has 0 radical (unpaired) electrons. The standard InChI is InChI=1S/C13H15FO2/c1-9(15)6-11-4-5-13(12(14)7-11)16-8-10-2-3-10/h4-5,7,10H,2-3,6,8H2,1H3. The van der Waals surface area contributed by atoms with Crippen molar-refractivity contribution in [3.63, 3.8) is 0 Å². The molecule has 86 valence electrons. The van der Waals surface area contributed by atoms with E-state index in [-0.39, 0.29) is 18.0 Å². The molecule has 0 heterocycles. The zero-order valence-electron chi connectivity index (χ0n) is 9.33. The highest BCUT2D eigenvalue weighted by Gasteiger charge is 2.22. The summed E-state index contributed by atoms with van der Waals surface area (Å²) in [5.41, 5.74) is 0.698. The van der Waals surface area contributed by atoms with Gasteiger partial charge in [-0.1, -0.05) is 6.07 Å². The first-order valence-electron chi connectivity index (χ1n) is 5.56. The molecule has 1 fully saturated rings. The van der Waals surface area contributed by atoms with E-state index in [4.69, 9.17) is 4.74 Å². The van der Waals surface area contributed by atoms with Crippen molar-refractivity contribution in [1.82, 2.24) is 0 Å².